The molecule has 0 bridgehead atoms. The predicted molar refractivity (Wildman–Crippen MR) is 108 cm³/mol. The number of carboxylic acids is 1. The Labute approximate surface area is 164 Å². The molecular formula is C23H38O4. The number of rotatable bonds is 13. The number of carbonyl (C=O) groups is 2. The van der Waals surface area contributed by atoms with E-state index in [9.17, 15) is 14.7 Å². The lowest BCUT2D eigenvalue weighted by Crippen LogP contribution is -2.40. The second kappa shape index (κ2) is 11.0. The van der Waals surface area contributed by atoms with E-state index < -0.39 is 5.97 Å². The fourth-order valence-corrected chi connectivity index (χ4v) is 4.84. The number of hydrogen-bond donors (Lipinski definition) is 2. The molecule has 2 saturated carbocycles. The summed E-state index contributed by atoms with van der Waals surface area (Å²) >= 11 is 0. The van der Waals surface area contributed by atoms with Crippen LogP contribution in [-0.2, 0) is 9.59 Å². The summed E-state index contributed by atoms with van der Waals surface area (Å²) < 4.78 is 0. The zero-order valence-corrected chi connectivity index (χ0v) is 17.0. The molecule has 4 nitrogen and oxygen atoms in total. The number of aliphatic hydroxyl groups is 1. The Hall–Kier alpha value is -1.16. The standard InChI is InChI=1S/C23H38O4/c1-2-3-15-23(16-8-17-23)21(25)14-12-18-11-13-20(24)19(18)9-6-4-5-7-10-22(26)27/h12,14,18-19,21,25H,2-11,13,15-17H2,1H3,(H,26,27)/b14-12+/t18-,19-,21+/m1/s1. The first kappa shape index (κ1) is 22.1. The molecule has 0 spiro atoms. The quantitative estimate of drug-likeness (QED) is 0.337. The Morgan fingerprint density at radius 2 is 1.96 bits per heavy atom. The number of hydrogen-bond acceptors (Lipinski definition) is 3. The average molecular weight is 379 g/mol. The predicted octanol–water partition coefficient (Wildman–Crippen LogP) is 5.28. The van der Waals surface area contributed by atoms with Crippen molar-refractivity contribution >= 4 is 11.8 Å². The van der Waals surface area contributed by atoms with E-state index in [-0.39, 0.29) is 29.8 Å². The molecular weight excluding hydrogens is 340 g/mol. The van der Waals surface area contributed by atoms with Gasteiger partial charge in [0.05, 0.1) is 6.10 Å². The van der Waals surface area contributed by atoms with Crippen LogP contribution < -0.4 is 0 Å². The van der Waals surface area contributed by atoms with Gasteiger partial charge in [0.2, 0.25) is 0 Å². The molecule has 2 aliphatic rings. The van der Waals surface area contributed by atoms with Crippen molar-refractivity contribution in [1.29, 1.82) is 0 Å². The Kier molecular flexibility index (Phi) is 9.01. The maximum absolute atomic E-state index is 12.3. The Bertz CT molecular complexity index is 507. The van der Waals surface area contributed by atoms with Crippen molar-refractivity contribution in [3.05, 3.63) is 12.2 Å². The van der Waals surface area contributed by atoms with Crippen LogP contribution in [0.4, 0.5) is 0 Å². The third-order valence-electron chi connectivity index (χ3n) is 6.86. The normalized spacial score (nSPS) is 25.6. The minimum absolute atomic E-state index is 0.0920. The number of Topliss-reactive ketones (excluding diaryl/α,β-unsaturated/α-hetero) is 1. The fraction of sp³-hybridized carbons (Fsp3) is 0.826. The van der Waals surface area contributed by atoms with Crippen LogP contribution in [0.25, 0.3) is 0 Å². The van der Waals surface area contributed by atoms with Crippen LogP contribution in [0, 0.1) is 17.3 Å². The van der Waals surface area contributed by atoms with Crippen molar-refractivity contribution < 1.29 is 19.8 Å². The maximum atomic E-state index is 12.3. The highest BCUT2D eigenvalue weighted by Gasteiger charge is 2.42. The Morgan fingerprint density at radius 3 is 2.59 bits per heavy atom. The van der Waals surface area contributed by atoms with Gasteiger partial charge < -0.3 is 10.2 Å². The molecule has 0 amide bonds. The van der Waals surface area contributed by atoms with Gasteiger partial charge in [0.1, 0.15) is 5.78 Å². The lowest BCUT2D eigenvalue weighted by atomic mass is 9.62. The van der Waals surface area contributed by atoms with E-state index in [1.54, 1.807) is 0 Å². The first-order valence-corrected chi connectivity index (χ1v) is 11.1. The topological polar surface area (TPSA) is 74.6 Å². The van der Waals surface area contributed by atoms with E-state index in [2.05, 4.69) is 13.0 Å². The van der Waals surface area contributed by atoms with E-state index in [4.69, 9.17) is 5.11 Å². The highest BCUT2D eigenvalue weighted by Crippen LogP contribution is 2.48. The van der Waals surface area contributed by atoms with Gasteiger partial charge >= 0.3 is 5.97 Å². The first-order valence-electron chi connectivity index (χ1n) is 11.1. The van der Waals surface area contributed by atoms with Crippen LogP contribution in [0.3, 0.4) is 0 Å². The maximum Gasteiger partial charge on any atom is 0.303 e. The van der Waals surface area contributed by atoms with Gasteiger partial charge in [-0.25, -0.2) is 0 Å². The third-order valence-corrected chi connectivity index (χ3v) is 6.86. The van der Waals surface area contributed by atoms with Crippen molar-refractivity contribution in [1.82, 2.24) is 0 Å². The van der Waals surface area contributed by atoms with Gasteiger partial charge in [-0.15, -0.1) is 0 Å². The molecule has 0 aromatic rings. The van der Waals surface area contributed by atoms with E-state index >= 15 is 0 Å². The van der Waals surface area contributed by atoms with Crippen LogP contribution in [0.2, 0.25) is 0 Å². The van der Waals surface area contributed by atoms with Crippen LogP contribution in [-0.4, -0.2) is 28.1 Å². The van der Waals surface area contributed by atoms with Gasteiger partial charge in [0.15, 0.2) is 0 Å². The largest absolute Gasteiger partial charge is 0.481 e. The summed E-state index contributed by atoms with van der Waals surface area (Å²) in [6, 6.07) is 0. The molecule has 0 aromatic carbocycles. The molecule has 3 atom stereocenters. The summed E-state index contributed by atoms with van der Waals surface area (Å²) in [6.45, 7) is 2.20. The van der Waals surface area contributed by atoms with Gasteiger partial charge in [-0.2, -0.15) is 0 Å². The van der Waals surface area contributed by atoms with Crippen molar-refractivity contribution in [2.45, 2.75) is 103 Å². The summed E-state index contributed by atoms with van der Waals surface area (Å²) in [5, 5.41) is 19.4. The van der Waals surface area contributed by atoms with E-state index in [1.165, 1.54) is 19.3 Å². The number of carboxylic acid groups (broad SMARTS) is 1. The Morgan fingerprint density at radius 1 is 1.22 bits per heavy atom. The monoisotopic (exact) mass is 378 g/mol. The fourth-order valence-electron chi connectivity index (χ4n) is 4.84. The van der Waals surface area contributed by atoms with E-state index in [0.29, 0.717) is 12.2 Å². The molecule has 2 N–H and O–H groups in total. The summed E-state index contributed by atoms with van der Waals surface area (Å²) in [4.78, 5) is 22.8. The summed E-state index contributed by atoms with van der Waals surface area (Å²) in [7, 11) is 0. The van der Waals surface area contributed by atoms with E-state index in [0.717, 1.165) is 57.8 Å². The lowest BCUT2D eigenvalue weighted by molar-refractivity contribution is -0.137. The van der Waals surface area contributed by atoms with Gasteiger partial charge in [0, 0.05) is 18.8 Å². The molecule has 154 valence electrons. The highest BCUT2D eigenvalue weighted by atomic mass is 16.4. The third kappa shape index (κ3) is 6.44. The van der Waals surface area contributed by atoms with Crippen LogP contribution in [0.15, 0.2) is 12.2 Å². The zero-order valence-electron chi connectivity index (χ0n) is 17.0. The minimum atomic E-state index is -0.729. The van der Waals surface area contributed by atoms with Crippen molar-refractivity contribution in [2.75, 3.05) is 0 Å². The molecule has 0 aromatic heterocycles. The zero-order chi connectivity index (χ0) is 19.7. The lowest BCUT2D eigenvalue weighted by Gasteiger charge is -2.45. The molecule has 4 heteroatoms. The first-order chi connectivity index (χ1) is 13.0. The SMILES string of the molecule is CCCCC1([C@@H](O)/C=C/[C@H]2CCC(=O)[C@@H]2CCCCCCC(=O)O)CCC1. The number of allylic oxidation sites excluding steroid dienone is 1. The second-order valence-electron chi connectivity index (χ2n) is 8.77. The van der Waals surface area contributed by atoms with Crippen LogP contribution in [0.5, 0.6) is 0 Å². The molecule has 2 aliphatic carbocycles. The number of aliphatic hydroxyl groups excluding tert-OH is 1. The summed E-state index contributed by atoms with van der Waals surface area (Å²) in [6.07, 6.45) is 17.0. The van der Waals surface area contributed by atoms with Crippen molar-refractivity contribution in [3.8, 4) is 0 Å². The molecule has 27 heavy (non-hydrogen) atoms. The number of carbonyl (C=O) groups excluding carboxylic acids is 1. The van der Waals surface area contributed by atoms with Gasteiger partial charge in [0.25, 0.3) is 0 Å². The molecule has 2 fully saturated rings. The van der Waals surface area contributed by atoms with Crippen molar-refractivity contribution in [2.24, 2.45) is 17.3 Å². The average Bonchev–Trinajstić information content (AvgIpc) is 2.95. The highest BCUT2D eigenvalue weighted by molar-refractivity contribution is 5.83. The molecule has 0 radical (unpaired) electrons. The number of aliphatic carboxylic acids is 1. The Balaban J connectivity index is 1.78. The second-order valence-corrected chi connectivity index (χ2v) is 8.77. The molecule has 2 rings (SSSR count). The van der Waals surface area contributed by atoms with Crippen molar-refractivity contribution in [3.63, 3.8) is 0 Å². The van der Waals surface area contributed by atoms with Crippen LogP contribution in [0.1, 0.15) is 96.8 Å². The molecule has 0 heterocycles. The smallest absolute Gasteiger partial charge is 0.303 e. The van der Waals surface area contributed by atoms with E-state index in [1.807, 2.05) is 6.08 Å². The van der Waals surface area contributed by atoms with Crippen LogP contribution >= 0.6 is 0 Å². The van der Waals surface area contributed by atoms with Gasteiger partial charge in [-0.3, -0.25) is 9.59 Å². The summed E-state index contributed by atoms with van der Waals surface area (Å²) in [5.74, 6) is 0.0114. The van der Waals surface area contributed by atoms with Gasteiger partial charge in [-0.1, -0.05) is 57.6 Å². The summed E-state index contributed by atoms with van der Waals surface area (Å²) in [5.41, 5.74) is 0.0920. The molecule has 0 aliphatic heterocycles. The number of ketones is 1. The molecule has 0 saturated heterocycles. The molecule has 0 unspecified atom stereocenters. The number of unbranched alkanes of at least 4 members (excludes halogenated alkanes) is 4. The minimum Gasteiger partial charge on any atom is -0.481 e. The van der Waals surface area contributed by atoms with Gasteiger partial charge in [-0.05, 0) is 49.9 Å².